The van der Waals surface area contributed by atoms with E-state index in [9.17, 15) is 9.59 Å². The normalized spacial score (nSPS) is 23.1. The zero-order chi connectivity index (χ0) is 26.6. The lowest BCUT2D eigenvalue weighted by molar-refractivity contribution is -0.204. The van der Waals surface area contributed by atoms with Crippen molar-refractivity contribution < 1.29 is 28.5 Å². The van der Waals surface area contributed by atoms with Crippen molar-refractivity contribution in [2.75, 3.05) is 7.11 Å². The van der Waals surface area contributed by atoms with Gasteiger partial charge in [0.05, 0.1) is 49.2 Å². The molecular weight excluding hydrogens is 504 g/mol. The van der Waals surface area contributed by atoms with Crippen molar-refractivity contribution >= 4 is 23.2 Å². The lowest BCUT2D eigenvalue weighted by Gasteiger charge is -2.41. The van der Waals surface area contributed by atoms with Crippen LogP contribution < -0.4 is 4.74 Å². The Labute approximate surface area is 227 Å². The molecule has 0 spiro atoms. The lowest BCUT2D eigenvalue weighted by Crippen LogP contribution is -2.47. The van der Waals surface area contributed by atoms with Gasteiger partial charge in [0.2, 0.25) is 5.78 Å². The third-order valence-corrected chi connectivity index (χ3v) is 7.23. The highest BCUT2D eigenvalue weighted by Gasteiger charge is 2.41. The molecule has 0 saturated carbocycles. The van der Waals surface area contributed by atoms with E-state index in [4.69, 9.17) is 30.5 Å². The lowest BCUT2D eigenvalue weighted by atomic mass is 9.87. The van der Waals surface area contributed by atoms with Crippen LogP contribution in [0.15, 0.2) is 83.9 Å². The second-order valence-corrected chi connectivity index (χ2v) is 9.87. The monoisotopic (exact) mass is 532 g/mol. The van der Waals surface area contributed by atoms with Crippen LogP contribution in [0.5, 0.6) is 5.75 Å². The van der Waals surface area contributed by atoms with Gasteiger partial charge in [-0.2, -0.15) is 0 Å². The summed E-state index contributed by atoms with van der Waals surface area (Å²) < 4.78 is 24.9. The van der Waals surface area contributed by atoms with Crippen LogP contribution in [-0.2, 0) is 27.4 Å². The molecule has 6 nitrogen and oxygen atoms in total. The molecule has 1 aliphatic carbocycles. The summed E-state index contributed by atoms with van der Waals surface area (Å²) in [7, 11) is 1.48. The molecule has 1 saturated heterocycles. The van der Waals surface area contributed by atoms with Gasteiger partial charge in [0.15, 0.2) is 5.78 Å². The Bertz CT molecular complexity index is 1340. The molecule has 1 aliphatic heterocycles. The van der Waals surface area contributed by atoms with Gasteiger partial charge in [-0.1, -0.05) is 78.3 Å². The molecule has 1 unspecified atom stereocenters. The SMILES string of the molecule is COc1c(C2C[C@@H](OCc3ccccc3)[C@H](OCc3ccccc3)[C@@H](C)O2)ccc2c1C(=O)C=C(Cl)C2=O. The molecule has 3 aromatic carbocycles. The van der Waals surface area contributed by atoms with E-state index in [0.717, 1.165) is 17.2 Å². The van der Waals surface area contributed by atoms with E-state index in [1.165, 1.54) is 7.11 Å². The molecule has 1 heterocycles. The van der Waals surface area contributed by atoms with Crippen molar-refractivity contribution in [3.05, 3.63) is 112 Å². The van der Waals surface area contributed by atoms with Gasteiger partial charge in [0, 0.05) is 23.6 Å². The predicted molar refractivity (Wildman–Crippen MR) is 144 cm³/mol. The third kappa shape index (κ3) is 5.45. The number of rotatable bonds is 8. The Hall–Kier alpha value is -3.29. The summed E-state index contributed by atoms with van der Waals surface area (Å²) in [5, 5.41) is -0.104. The Kier molecular flexibility index (Phi) is 8.05. The minimum atomic E-state index is -0.438. The molecule has 3 aromatic rings. The average molecular weight is 533 g/mol. The average Bonchev–Trinajstić information content (AvgIpc) is 2.94. The largest absolute Gasteiger partial charge is 0.496 e. The summed E-state index contributed by atoms with van der Waals surface area (Å²) in [6, 6.07) is 23.3. The highest BCUT2D eigenvalue weighted by atomic mass is 35.5. The molecule has 0 bridgehead atoms. The van der Waals surface area contributed by atoms with Crippen molar-refractivity contribution in [2.45, 2.75) is 51.0 Å². The molecule has 0 aromatic heterocycles. The van der Waals surface area contributed by atoms with Crippen LogP contribution in [0.1, 0.15) is 56.9 Å². The highest BCUT2D eigenvalue weighted by Crippen LogP contribution is 2.42. The van der Waals surface area contributed by atoms with Crippen LogP contribution in [-0.4, -0.2) is 37.0 Å². The van der Waals surface area contributed by atoms with Gasteiger partial charge in [-0.25, -0.2) is 0 Å². The predicted octanol–water partition coefficient (Wildman–Crippen LogP) is 6.22. The van der Waals surface area contributed by atoms with Crippen LogP contribution in [0.3, 0.4) is 0 Å². The van der Waals surface area contributed by atoms with Crippen molar-refractivity contribution in [1.29, 1.82) is 0 Å². The van der Waals surface area contributed by atoms with Crippen molar-refractivity contribution in [2.24, 2.45) is 0 Å². The molecule has 1 fully saturated rings. The molecule has 5 rings (SSSR count). The first-order valence-electron chi connectivity index (χ1n) is 12.6. The second-order valence-electron chi connectivity index (χ2n) is 9.46. The number of carbonyl (C=O) groups excluding carboxylic acids is 2. The Morgan fingerprint density at radius 2 is 1.53 bits per heavy atom. The first kappa shape index (κ1) is 26.3. The number of halogens is 1. The summed E-state index contributed by atoms with van der Waals surface area (Å²) in [4.78, 5) is 25.4. The van der Waals surface area contributed by atoms with Crippen LogP contribution in [0.4, 0.5) is 0 Å². The van der Waals surface area contributed by atoms with E-state index in [1.807, 2.05) is 67.6 Å². The zero-order valence-electron chi connectivity index (χ0n) is 21.3. The number of ketones is 2. The fourth-order valence-electron chi connectivity index (χ4n) is 5.08. The fraction of sp³-hybridized carbons (Fsp3) is 0.290. The van der Waals surface area contributed by atoms with E-state index in [0.29, 0.717) is 30.9 Å². The van der Waals surface area contributed by atoms with Crippen molar-refractivity contribution in [3.63, 3.8) is 0 Å². The van der Waals surface area contributed by atoms with Gasteiger partial charge < -0.3 is 18.9 Å². The maximum absolute atomic E-state index is 12.8. The number of benzene rings is 3. The van der Waals surface area contributed by atoms with E-state index in [2.05, 4.69) is 0 Å². The molecule has 0 radical (unpaired) electrons. The standard InChI is InChI=1S/C31H29ClO6/c1-19-30(37-18-21-11-7-4-8-12-21)27(36-17-20-9-5-3-6-10-20)16-26(38-19)22-13-14-23-28(31(22)35-2)25(33)15-24(32)29(23)34/h3-15,19,26-27,30H,16-18H2,1-2H3/t19-,26?,27-,30-/m1/s1. The molecule has 7 heteroatoms. The summed E-state index contributed by atoms with van der Waals surface area (Å²) in [5.41, 5.74) is 3.24. The third-order valence-electron chi connectivity index (χ3n) is 6.95. The molecule has 0 amide bonds. The topological polar surface area (TPSA) is 71.1 Å². The molecule has 2 aliphatic rings. The molecule has 196 valence electrons. The molecular formula is C31H29ClO6. The second kappa shape index (κ2) is 11.6. The van der Waals surface area contributed by atoms with Crippen LogP contribution in [0.2, 0.25) is 0 Å². The zero-order valence-corrected chi connectivity index (χ0v) is 22.0. The number of ether oxygens (including phenoxy) is 4. The Morgan fingerprint density at radius 3 is 2.16 bits per heavy atom. The number of hydrogen-bond acceptors (Lipinski definition) is 6. The number of Topliss-reactive ketones (excluding diaryl/α,β-unsaturated/α-hetero) is 1. The van der Waals surface area contributed by atoms with E-state index < -0.39 is 11.9 Å². The number of carbonyl (C=O) groups is 2. The number of fused-ring (bicyclic) bond motifs is 1. The fourth-order valence-corrected chi connectivity index (χ4v) is 5.28. The highest BCUT2D eigenvalue weighted by molar-refractivity contribution is 6.49. The Balaban J connectivity index is 1.43. The molecule has 0 N–H and O–H groups in total. The van der Waals surface area contributed by atoms with Gasteiger partial charge in [0.25, 0.3) is 0 Å². The van der Waals surface area contributed by atoms with E-state index in [1.54, 1.807) is 12.1 Å². The van der Waals surface area contributed by atoms with E-state index in [-0.39, 0.29) is 40.3 Å². The van der Waals surface area contributed by atoms with Crippen LogP contribution in [0.25, 0.3) is 0 Å². The first-order valence-corrected chi connectivity index (χ1v) is 13.0. The maximum Gasteiger partial charge on any atom is 0.205 e. The van der Waals surface area contributed by atoms with Crippen LogP contribution in [0, 0.1) is 0 Å². The van der Waals surface area contributed by atoms with Gasteiger partial charge in [0.1, 0.15) is 11.9 Å². The van der Waals surface area contributed by atoms with Gasteiger partial charge in [-0.05, 0) is 24.1 Å². The van der Waals surface area contributed by atoms with Crippen molar-refractivity contribution in [1.82, 2.24) is 0 Å². The first-order chi connectivity index (χ1) is 18.5. The molecule has 4 atom stereocenters. The maximum atomic E-state index is 12.8. The van der Waals surface area contributed by atoms with Crippen LogP contribution >= 0.6 is 11.6 Å². The quantitative estimate of drug-likeness (QED) is 0.343. The van der Waals surface area contributed by atoms with Crippen molar-refractivity contribution in [3.8, 4) is 5.75 Å². The minimum Gasteiger partial charge on any atom is -0.496 e. The smallest absolute Gasteiger partial charge is 0.205 e. The van der Waals surface area contributed by atoms with E-state index >= 15 is 0 Å². The van der Waals surface area contributed by atoms with Gasteiger partial charge in [-0.15, -0.1) is 0 Å². The summed E-state index contributed by atoms with van der Waals surface area (Å²) in [6.45, 7) is 2.82. The number of hydrogen-bond donors (Lipinski definition) is 0. The Morgan fingerprint density at radius 1 is 0.895 bits per heavy atom. The molecule has 38 heavy (non-hydrogen) atoms. The van der Waals surface area contributed by atoms with Gasteiger partial charge in [-0.3, -0.25) is 9.59 Å². The minimum absolute atomic E-state index is 0.104. The van der Waals surface area contributed by atoms with Gasteiger partial charge >= 0.3 is 0 Å². The summed E-state index contributed by atoms with van der Waals surface area (Å²) in [6.07, 6.45) is 0.258. The summed E-state index contributed by atoms with van der Waals surface area (Å²) in [5.74, 6) is -0.445. The summed E-state index contributed by atoms with van der Waals surface area (Å²) >= 11 is 5.98. The number of allylic oxidation sites excluding steroid dienone is 2. The number of methoxy groups -OCH3 is 1.